The first kappa shape index (κ1) is 9.78. The molecule has 0 aromatic rings. The van der Waals surface area contributed by atoms with Crippen LogP contribution in [-0.4, -0.2) is 14.1 Å². The molecule has 1 nitrogen and oxygen atoms in total. The summed E-state index contributed by atoms with van der Waals surface area (Å²) < 4.78 is 0. The Labute approximate surface area is 76.4 Å². The zero-order chi connectivity index (χ0) is 9.35. The predicted molar refractivity (Wildman–Crippen MR) is 56.7 cm³/mol. The summed E-state index contributed by atoms with van der Waals surface area (Å²) in [4.78, 5) is 0. The Hall–Kier alpha value is -0.303. The van der Waals surface area contributed by atoms with Crippen LogP contribution in [0, 0.1) is 5.92 Å². The quantitative estimate of drug-likeness (QED) is 0.525. The highest BCUT2D eigenvalue weighted by Gasteiger charge is 2.35. The van der Waals surface area contributed by atoms with E-state index < -0.39 is 8.07 Å². The summed E-state index contributed by atoms with van der Waals surface area (Å²) in [7, 11) is -1.25. The molecule has 12 heavy (non-hydrogen) atoms. The summed E-state index contributed by atoms with van der Waals surface area (Å²) in [5, 5.41) is 1.32. The highest BCUT2D eigenvalue weighted by atomic mass is 28.3. The van der Waals surface area contributed by atoms with Gasteiger partial charge in [-0.15, -0.1) is 5.73 Å². The van der Waals surface area contributed by atoms with Crippen LogP contribution in [0.25, 0.3) is 0 Å². The minimum Gasteiger partial charge on any atom is -0.324 e. The SMILES string of the molecule is C=C=C([C@@H](N)C1CC1)[Si](C)(C)C. The molecule has 0 heterocycles. The molecule has 0 spiro atoms. The minimum absolute atomic E-state index is 0.258. The molecule has 1 rings (SSSR count). The van der Waals surface area contributed by atoms with Crippen LogP contribution in [0.3, 0.4) is 0 Å². The molecule has 1 fully saturated rings. The van der Waals surface area contributed by atoms with Crippen LogP contribution in [0.2, 0.25) is 19.6 Å². The fourth-order valence-electron chi connectivity index (χ4n) is 1.57. The van der Waals surface area contributed by atoms with Gasteiger partial charge in [0.15, 0.2) is 0 Å². The number of hydrogen-bond donors (Lipinski definition) is 1. The zero-order valence-electron chi connectivity index (χ0n) is 8.35. The molecule has 2 N–H and O–H groups in total. The summed E-state index contributed by atoms with van der Waals surface area (Å²) in [5.74, 6) is 0.737. The molecule has 0 saturated heterocycles. The fourth-order valence-corrected chi connectivity index (χ4v) is 3.34. The second-order valence-corrected chi connectivity index (χ2v) is 9.74. The van der Waals surface area contributed by atoms with E-state index in [1.165, 1.54) is 18.0 Å². The Bertz CT molecular complexity index is 216. The van der Waals surface area contributed by atoms with Gasteiger partial charge < -0.3 is 5.73 Å². The first-order valence-electron chi connectivity index (χ1n) is 4.63. The second kappa shape index (κ2) is 3.21. The molecule has 0 aromatic heterocycles. The van der Waals surface area contributed by atoms with Crippen molar-refractivity contribution in [2.75, 3.05) is 0 Å². The van der Waals surface area contributed by atoms with Crippen molar-refractivity contribution in [2.24, 2.45) is 11.7 Å². The van der Waals surface area contributed by atoms with Gasteiger partial charge >= 0.3 is 0 Å². The van der Waals surface area contributed by atoms with E-state index in [1.54, 1.807) is 0 Å². The molecule has 0 amide bonds. The summed E-state index contributed by atoms with van der Waals surface area (Å²) in [6, 6.07) is 0.258. The van der Waals surface area contributed by atoms with Gasteiger partial charge in [-0.2, -0.15) is 0 Å². The van der Waals surface area contributed by atoms with Crippen LogP contribution < -0.4 is 5.73 Å². The smallest absolute Gasteiger partial charge is 0.0843 e. The van der Waals surface area contributed by atoms with Gasteiger partial charge in [0.05, 0.1) is 8.07 Å². The number of hydrogen-bond acceptors (Lipinski definition) is 1. The summed E-state index contributed by atoms with van der Waals surface area (Å²) in [6.45, 7) is 10.7. The lowest BCUT2D eigenvalue weighted by Crippen LogP contribution is -2.38. The molecule has 0 unspecified atom stereocenters. The van der Waals surface area contributed by atoms with Gasteiger partial charge in [0.2, 0.25) is 0 Å². The van der Waals surface area contributed by atoms with Crippen molar-refractivity contribution >= 4 is 8.07 Å². The van der Waals surface area contributed by atoms with Crippen molar-refractivity contribution in [3.8, 4) is 0 Å². The molecule has 1 aliphatic carbocycles. The fraction of sp³-hybridized carbons (Fsp3) is 0.700. The Balaban J connectivity index is 2.75. The molecule has 1 atom stereocenters. The lowest BCUT2D eigenvalue weighted by Gasteiger charge is -2.24. The lowest BCUT2D eigenvalue weighted by molar-refractivity contribution is 0.695. The first-order valence-corrected chi connectivity index (χ1v) is 8.13. The van der Waals surface area contributed by atoms with E-state index in [4.69, 9.17) is 5.73 Å². The molecule has 0 radical (unpaired) electrons. The highest BCUT2D eigenvalue weighted by molar-refractivity contribution is 6.83. The third kappa shape index (κ3) is 2.10. The first-order chi connectivity index (χ1) is 5.46. The van der Waals surface area contributed by atoms with Crippen LogP contribution in [0.4, 0.5) is 0 Å². The third-order valence-electron chi connectivity index (χ3n) is 2.46. The second-order valence-electron chi connectivity index (χ2n) is 4.70. The van der Waals surface area contributed by atoms with Gasteiger partial charge in [-0.25, -0.2) is 0 Å². The van der Waals surface area contributed by atoms with Crippen LogP contribution >= 0.6 is 0 Å². The van der Waals surface area contributed by atoms with Gasteiger partial charge in [0.1, 0.15) is 0 Å². The van der Waals surface area contributed by atoms with Gasteiger partial charge in [0, 0.05) is 6.04 Å². The molecule has 0 aromatic carbocycles. The standard InChI is InChI=1S/C10H19NSi/c1-5-9(12(2,3)4)10(11)8-6-7-8/h8,10H,1,6-7,11H2,2-4H3/t10-/m0/s1. The van der Waals surface area contributed by atoms with Crippen molar-refractivity contribution in [3.05, 3.63) is 17.5 Å². The maximum atomic E-state index is 6.12. The van der Waals surface area contributed by atoms with E-state index in [-0.39, 0.29) is 6.04 Å². The Morgan fingerprint density at radius 1 is 1.50 bits per heavy atom. The Kier molecular flexibility index (Phi) is 2.62. The summed E-state index contributed by atoms with van der Waals surface area (Å²) in [5.41, 5.74) is 9.18. The van der Waals surface area contributed by atoms with E-state index >= 15 is 0 Å². The molecular formula is C10H19NSi. The predicted octanol–water partition coefficient (Wildman–Crippen LogP) is 2.31. The zero-order valence-corrected chi connectivity index (χ0v) is 9.35. The molecule has 0 bridgehead atoms. The van der Waals surface area contributed by atoms with Gasteiger partial charge in [-0.3, -0.25) is 0 Å². The average molecular weight is 181 g/mol. The van der Waals surface area contributed by atoms with Crippen LogP contribution in [0.1, 0.15) is 12.8 Å². The lowest BCUT2D eigenvalue weighted by atomic mass is 10.2. The van der Waals surface area contributed by atoms with E-state index in [0.29, 0.717) is 0 Å². The van der Waals surface area contributed by atoms with E-state index in [0.717, 1.165) is 5.92 Å². The number of rotatable bonds is 3. The van der Waals surface area contributed by atoms with Crippen molar-refractivity contribution in [1.29, 1.82) is 0 Å². The molecule has 0 aliphatic heterocycles. The Morgan fingerprint density at radius 2 is 2.00 bits per heavy atom. The van der Waals surface area contributed by atoms with E-state index in [1.807, 2.05) is 0 Å². The molecular weight excluding hydrogens is 162 g/mol. The van der Waals surface area contributed by atoms with Crippen LogP contribution in [-0.2, 0) is 0 Å². The van der Waals surface area contributed by atoms with Crippen LogP contribution in [0.15, 0.2) is 17.5 Å². The normalized spacial score (nSPS) is 20.0. The van der Waals surface area contributed by atoms with Gasteiger partial charge in [0.25, 0.3) is 0 Å². The Morgan fingerprint density at radius 3 is 2.25 bits per heavy atom. The molecule has 2 heteroatoms. The topological polar surface area (TPSA) is 26.0 Å². The summed E-state index contributed by atoms with van der Waals surface area (Å²) >= 11 is 0. The molecule has 68 valence electrons. The maximum absolute atomic E-state index is 6.12. The largest absolute Gasteiger partial charge is 0.324 e. The van der Waals surface area contributed by atoms with E-state index in [9.17, 15) is 0 Å². The monoisotopic (exact) mass is 181 g/mol. The maximum Gasteiger partial charge on any atom is 0.0843 e. The summed E-state index contributed by atoms with van der Waals surface area (Å²) in [6.07, 6.45) is 2.60. The average Bonchev–Trinajstić information content (AvgIpc) is 2.65. The minimum atomic E-state index is -1.25. The van der Waals surface area contributed by atoms with Crippen LogP contribution in [0.5, 0.6) is 0 Å². The molecule has 1 aliphatic rings. The van der Waals surface area contributed by atoms with Crippen molar-refractivity contribution < 1.29 is 0 Å². The third-order valence-corrected chi connectivity index (χ3v) is 4.59. The van der Waals surface area contributed by atoms with Gasteiger partial charge in [-0.1, -0.05) is 26.2 Å². The number of nitrogens with two attached hydrogens (primary N) is 1. The van der Waals surface area contributed by atoms with Crippen molar-refractivity contribution in [2.45, 2.75) is 38.5 Å². The van der Waals surface area contributed by atoms with Gasteiger partial charge in [-0.05, 0) is 24.0 Å². The molecule has 1 saturated carbocycles. The van der Waals surface area contributed by atoms with Crippen molar-refractivity contribution in [1.82, 2.24) is 0 Å². The highest BCUT2D eigenvalue weighted by Crippen LogP contribution is 2.36. The van der Waals surface area contributed by atoms with E-state index in [2.05, 4.69) is 32.0 Å². The van der Waals surface area contributed by atoms with Crippen molar-refractivity contribution in [3.63, 3.8) is 0 Å².